The number of hydrogen-bond acceptors (Lipinski definition) is 4. The smallest absolute Gasteiger partial charge is 0.252 e. The first-order valence-electron chi connectivity index (χ1n) is 9.84. The van der Waals surface area contributed by atoms with Crippen LogP contribution in [-0.4, -0.2) is 28.8 Å². The van der Waals surface area contributed by atoms with E-state index in [1.807, 2.05) is 31.2 Å². The lowest BCUT2D eigenvalue weighted by Gasteiger charge is -2.39. The van der Waals surface area contributed by atoms with Gasteiger partial charge in [-0.3, -0.25) is 4.79 Å². The molecule has 4 N–H and O–H groups in total. The molecular formula is C23H26FN3O2. The lowest BCUT2D eigenvalue weighted by atomic mass is 9.83. The monoisotopic (exact) mass is 395 g/mol. The molecule has 1 saturated heterocycles. The number of aryl methyl sites for hydroxylation is 1. The second kappa shape index (κ2) is 6.88. The van der Waals surface area contributed by atoms with Crippen molar-refractivity contribution in [1.82, 2.24) is 16.0 Å². The zero-order valence-corrected chi connectivity index (χ0v) is 16.7. The van der Waals surface area contributed by atoms with E-state index in [-0.39, 0.29) is 23.9 Å². The predicted molar refractivity (Wildman–Crippen MR) is 110 cm³/mol. The normalized spacial score (nSPS) is 26.0. The van der Waals surface area contributed by atoms with Gasteiger partial charge in [0.25, 0.3) is 5.91 Å². The van der Waals surface area contributed by atoms with E-state index in [1.165, 1.54) is 12.1 Å². The highest BCUT2D eigenvalue weighted by molar-refractivity contribution is 6.01. The number of aliphatic hydroxyl groups is 1. The maximum Gasteiger partial charge on any atom is 0.252 e. The molecule has 29 heavy (non-hydrogen) atoms. The third-order valence-corrected chi connectivity index (χ3v) is 6.03. The summed E-state index contributed by atoms with van der Waals surface area (Å²) in [6.45, 7) is 7.73. The summed E-state index contributed by atoms with van der Waals surface area (Å²) in [4.78, 5) is 13.1. The number of rotatable bonds is 5. The second-order valence-electron chi connectivity index (χ2n) is 8.29. The lowest BCUT2D eigenvalue weighted by Crippen LogP contribution is -2.65. The Morgan fingerprint density at radius 3 is 2.52 bits per heavy atom. The molecule has 0 radical (unpaired) electrons. The van der Waals surface area contributed by atoms with Crippen molar-refractivity contribution in [1.29, 1.82) is 0 Å². The van der Waals surface area contributed by atoms with Crippen molar-refractivity contribution in [2.24, 2.45) is 5.92 Å². The molecule has 6 heteroatoms. The first-order valence-corrected chi connectivity index (χ1v) is 9.84. The number of benzene rings is 2. The van der Waals surface area contributed by atoms with Gasteiger partial charge >= 0.3 is 0 Å². The average Bonchev–Trinajstić information content (AvgIpc) is 3.47. The second-order valence-corrected chi connectivity index (χ2v) is 8.29. The van der Waals surface area contributed by atoms with Crippen LogP contribution in [0.4, 0.5) is 4.39 Å². The molecule has 2 atom stereocenters. The van der Waals surface area contributed by atoms with Gasteiger partial charge in [0.05, 0.1) is 11.4 Å². The molecule has 2 aliphatic rings. The molecule has 1 aliphatic carbocycles. The Hall–Kier alpha value is -2.86. The summed E-state index contributed by atoms with van der Waals surface area (Å²) in [5.74, 6) is -0.102. The minimum Gasteiger partial charge on any atom is -0.369 e. The maximum absolute atomic E-state index is 14.0. The van der Waals surface area contributed by atoms with E-state index in [2.05, 4.69) is 22.5 Å². The first-order chi connectivity index (χ1) is 13.7. The molecule has 0 bridgehead atoms. The van der Waals surface area contributed by atoms with E-state index in [1.54, 1.807) is 13.0 Å². The van der Waals surface area contributed by atoms with Gasteiger partial charge in [-0.1, -0.05) is 42.5 Å². The third-order valence-electron chi connectivity index (χ3n) is 6.03. The van der Waals surface area contributed by atoms with E-state index < -0.39 is 17.1 Å². The van der Waals surface area contributed by atoms with Gasteiger partial charge in [0.2, 0.25) is 0 Å². The van der Waals surface area contributed by atoms with Crippen LogP contribution in [0.1, 0.15) is 35.7 Å². The fourth-order valence-electron chi connectivity index (χ4n) is 4.27. The fourth-order valence-corrected chi connectivity index (χ4v) is 4.27. The van der Waals surface area contributed by atoms with Crippen LogP contribution in [0.25, 0.3) is 11.1 Å². The summed E-state index contributed by atoms with van der Waals surface area (Å²) in [7, 11) is 0. The Kier molecular flexibility index (Phi) is 4.62. The minimum atomic E-state index is -1.25. The van der Waals surface area contributed by atoms with Gasteiger partial charge in [-0.05, 0) is 55.9 Å². The Morgan fingerprint density at radius 1 is 1.24 bits per heavy atom. The van der Waals surface area contributed by atoms with Gasteiger partial charge in [0.15, 0.2) is 5.72 Å². The van der Waals surface area contributed by atoms with Gasteiger partial charge in [-0.2, -0.15) is 0 Å². The molecule has 1 heterocycles. The number of halogens is 1. The summed E-state index contributed by atoms with van der Waals surface area (Å²) in [6, 6.07) is 12.0. The zero-order valence-electron chi connectivity index (χ0n) is 16.7. The number of amides is 1. The molecule has 152 valence electrons. The van der Waals surface area contributed by atoms with Crippen LogP contribution in [-0.2, 0) is 0 Å². The Morgan fingerprint density at radius 2 is 1.93 bits per heavy atom. The molecule has 1 aliphatic heterocycles. The molecule has 1 saturated carbocycles. The van der Waals surface area contributed by atoms with Crippen molar-refractivity contribution < 1.29 is 14.3 Å². The molecule has 0 aromatic heterocycles. The molecule has 2 aromatic rings. The lowest BCUT2D eigenvalue weighted by molar-refractivity contribution is -0.0325. The fraction of sp³-hybridized carbons (Fsp3) is 0.348. The van der Waals surface area contributed by atoms with E-state index in [9.17, 15) is 14.3 Å². The van der Waals surface area contributed by atoms with Crippen LogP contribution in [0.3, 0.4) is 0 Å². The van der Waals surface area contributed by atoms with Crippen LogP contribution in [0, 0.1) is 18.7 Å². The van der Waals surface area contributed by atoms with E-state index in [0.29, 0.717) is 11.4 Å². The number of carbonyl (C=O) groups excluding carboxylic acids is 1. The molecule has 2 aromatic carbocycles. The van der Waals surface area contributed by atoms with Gasteiger partial charge in [-0.15, -0.1) is 0 Å². The molecule has 1 amide bonds. The van der Waals surface area contributed by atoms with Crippen LogP contribution in [0.2, 0.25) is 0 Å². The Bertz CT molecular complexity index is 967. The summed E-state index contributed by atoms with van der Waals surface area (Å²) < 4.78 is 14.0. The number of nitrogens with one attached hydrogen (secondary N) is 3. The maximum atomic E-state index is 14.0. The summed E-state index contributed by atoms with van der Waals surface area (Å²) in [5, 5.41) is 20.0. The largest absolute Gasteiger partial charge is 0.369 e. The summed E-state index contributed by atoms with van der Waals surface area (Å²) in [5.41, 5.74) is 0.883. The van der Waals surface area contributed by atoms with Gasteiger partial charge in [0, 0.05) is 6.54 Å². The van der Waals surface area contributed by atoms with Crippen molar-refractivity contribution in [3.8, 4) is 11.1 Å². The van der Waals surface area contributed by atoms with E-state index >= 15 is 0 Å². The molecule has 4 rings (SSSR count). The summed E-state index contributed by atoms with van der Waals surface area (Å²) >= 11 is 0. The highest BCUT2D eigenvalue weighted by Crippen LogP contribution is 2.47. The number of hydrogen-bond donors (Lipinski definition) is 4. The van der Waals surface area contributed by atoms with Gasteiger partial charge in [-0.25, -0.2) is 4.39 Å². The Balaban J connectivity index is 1.61. The van der Waals surface area contributed by atoms with Crippen molar-refractivity contribution in [2.45, 2.75) is 38.0 Å². The average molecular weight is 395 g/mol. The standard InChI is InChI=1S/C23H26FN3O2/c1-14-4-6-16(7-5-14)19-11-10-18(24)12-20(19)21(28)25-13-23(17-8-9-17)22(3,29)26-15(2)27-23/h4-7,10-12,17,26-27,29H,2,8-9,13H2,1,3H3,(H,25,28)/t22?,23-/m0/s1. The van der Waals surface area contributed by atoms with Gasteiger partial charge < -0.3 is 21.1 Å². The molecule has 2 fully saturated rings. The van der Waals surface area contributed by atoms with E-state index in [0.717, 1.165) is 24.0 Å². The van der Waals surface area contributed by atoms with Crippen LogP contribution >= 0.6 is 0 Å². The number of carbonyl (C=O) groups is 1. The highest BCUT2D eigenvalue weighted by atomic mass is 19.1. The van der Waals surface area contributed by atoms with Crippen LogP contribution in [0.5, 0.6) is 0 Å². The van der Waals surface area contributed by atoms with Crippen molar-refractivity contribution in [3.63, 3.8) is 0 Å². The summed E-state index contributed by atoms with van der Waals surface area (Å²) in [6.07, 6.45) is 1.92. The molecular weight excluding hydrogens is 369 g/mol. The van der Waals surface area contributed by atoms with E-state index in [4.69, 9.17) is 0 Å². The topological polar surface area (TPSA) is 73.4 Å². The Labute approximate surface area is 170 Å². The predicted octanol–water partition coefficient (Wildman–Crippen LogP) is 3.05. The van der Waals surface area contributed by atoms with Crippen LogP contribution < -0.4 is 16.0 Å². The quantitative estimate of drug-likeness (QED) is 0.628. The van der Waals surface area contributed by atoms with Crippen LogP contribution in [0.15, 0.2) is 54.9 Å². The third kappa shape index (κ3) is 3.49. The van der Waals surface area contributed by atoms with Gasteiger partial charge in [0.1, 0.15) is 11.4 Å². The highest BCUT2D eigenvalue weighted by Gasteiger charge is 2.60. The minimum absolute atomic E-state index is 0.194. The molecule has 5 nitrogen and oxygen atoms in total. The first kappa shape index (κ1) is 19.5. The SMILES string of the molecule is C=C1NC(C)(O)[C@](CNC(=O)c2cc(F)ccc2-c2ccc(C)cc2)(C2CC2)N1. The van der Waals surface area contributed by atoms with Crippen molar-refractivity contribution in [2.75, 3.05) is 6.54 Å². The van der Waals surface area contributed by atoms with Crippen molar-refractivity contribution in [3.05, 3.63) is 71.8 Å². The molecule has 1 unspecified atom stereocenters. The zero-order chi connectivity index (χ0) is 20.8. The van der Waals surface area contributed by atoms with Crippen molar-refractivity contribution >= 4 is 5.91 Å². The molecule has 0 spiro atoms.